The third-order valence-corrected chi connectivity index (χ3v) is 7.53. The third-order valence-electron chi connectivity index (χ3n) is 7.53. The van der Waals surface area contributed by atoms with Crippen LogP contribution in [0.4, 0.5) is 11.4 Å². The molecule has 1 heterocycles. The van der Waals surface area contributed by atoms with Crippen LogP contribution < -0.4 is 26.8 Å². The molecule has 1 saturated heterocycles. The van der Waals surface area contributed by atoms with E-state index in [1.165, 1.54) is 32.1 Å². The summed E-state index contributed by atoms with van der Waals surface area (Å²) in [5.74, 6) is 0.629. The van der Waals surface area contributed by atoms with Crippen molar-refractivity contribution >= 4 is 11.4 Å². The van der Waals surface area contributed by atoms with Gasteiger partial charge in [0.15, 0.2) is 0 Å². The fourth-order valence-corrected chi connectivity index (χ4v) is 5.59. The molecule has 8 heteroatoms. The van der Waals surface area contributed by atoms with Crippen molar-refractivity contribution in [2.75, 3.05) is 56.8 Å². The van der Waals surface area contributed by atoms with E-state index in [1.54, 1.807) is 7.11 Å². The smallest absolute Gasteiger partial charge is 0.253 e. The molecular weight excluding hydrogens is 458 g/mol. The summed E-state index contributed by atoms with van der Waals surface area (Å²) in [5, 5.41) is 3.36. The predicted molar refractivity (Wildman–Crippen MR) is 143 cm³/mol. The summed E-state index contributed by atoms with van der Waals surface area (Å²) in [5.41, 5.74) is 7.13. The lowest BCUT2D eigenvalue weighted by atomic mass is 9.84. The lowest BCUT2D eigenvalue weighted by Gasteiger charge is -2.39. The predicted octanol–water partition coefficient (Wildman–Crippen LogP) is 2.99. The Balaban J connectivity index is 1.46. The van der Waals surface area contributed by atoms with E-state index in [4.69, 9.17) is 19.9 Å². The summed E-state index contributed by atoms with van der Waals surface area (Å²) in [4.78, 5) is 27.3. The molecule has 0 aromatic heterocycles. The van der Waals surface area contributed by atoms with Crippen LogP contribution in [0, 0.1) is 5.92 Å². The Morgan fingerprint density at radius 3 is 2.61 bits per heavy atom. The topological polar surface area (TPSA) is 103 Å². The maximum atomic E-state index is 12.7. The Hall–Kier alpha value is -2.26. The third kappa shape index (κ3) is 6.54. The Kier molecular flexibility index (Phi) is 9.92. The minimum Gasteiger partial charge on any atom is -0.385 e. The van der Waals surface area contributed by atoms with Crippen LogP contribution in [0.2, 0.25) is 0 Å². The van der Waals surface area contributed by atoms with Gasteiger partial charge in [-0.15, -0.1) is 0 Å². The van der Waals surface area contributed by atoms with E-state index < -0.39 is 10.9 Å². The number of nitrogens with two attached hydrogens (primary N) is 1. The first-order valence-corrected chi connectivity index (χ1v) is 13.4. The molecule has 2 fully saturated rings. The Morgan fingerprint density at radius 1 is 1.11 bits per heavy atom. The number of benzene rings is 1. The zero-order valence-electron chi connectivity index (χ0n) is 21.5. The highest BCUT2D eigenvalue weighted by molar-refractivity contribution is 5.75. The molecule has 0 amide bonds. The zero-order valence-corrected chi connectivity index (χ0v) is 21.5. The highest BCUT2D eigenvalue weighted by Gasteiger charge is 2.35. The number of hydrogen-bond acceptors (Lipinski definition) is 8. The second kappa shape index (κ2) is 13.3. The van der Waals surface area contributed by atoms with E-state index in [1.807, 2.05) is 35.2 Å². The lowest BCUT2D eigenvalue weighted by Crippen LogP contribution is -2.52. The number of anilines is 2. The second-order valence-corrected chi connectivity index (χ2v) is 10.1. The SMILES string of the molecule is COCCCOC(c1ccccc1)[C@H]1CN(c2c(N[C@H](CN)CC3CCCCC3)c(=O)c2=O)CCO1. The fourth-order valence-electron chi connectivity index (χ4n) is 5.59. The number of rotatable bonds is 13. The number of methoxy groups -OCH3 is 1. The minimum atomic E-state index is -0.439. The monoisotopic (exact) mass is 499 g/mol. The van der Waals surface area contributed by atoms with Gasteiger partial charge >= 0.3 is 0 Å². The van der Waals surface area contributed by atoms with Gasteiger partial charge in [0.05, 0.1) is 6.61 Å². The first-order valence-electron chi connectivity index (χ1n) is 13.4. The second-order valence-electron chi connectivity index (χ2n) is 10.1. The van der Waals surface area contributed by atoms with Crippen LogP contribution in [0.3, 0.4) is 0 Å². The van der Waals surface area contributed by atoms with Gasteiger partial charge in [0.1, 0.15) is 23.6 Å². The Labute approximate surface area is 213 Å². The average molecular weight is 500 g/mol. The summed E-state index contributed by atoms with van der Waals surface area (Å²) in [7, 11) is 1.68. The Bertz CT molecular complexity index is 1000. The molecule has 0 spiro atoms. The van der Waals surface area contributed by atoms with Crippen LogP contribution in [0.25, 0.3) is 0 Å². The normalized spacial score (nSPS) is 20.9. The lowest BCUT2D eigenvalue weighted by molar-refractivity contribution is -0.0829. The van der Waals surface area contributed by atoms with E-state index >= 15 is 0 Å². The highest BCUT2D eigenvalue weighted by Crippen LogP contribution is 2.32. The summed E-state index contributed by atoms with van der Waals surface area (Å²) in [6.07, 6.45) is 7.43. The number of morpholine rings is 1. The van der Waals surface area contributed by atoms with Gasteiger partial charge in [0.25, 0.3) is 10.9 Å². The largest absolute Gasteiger partial charge is 0.385 e. The van der Waals surface area contributed by atoms with E-state index in [-0.39, 0.29) is 18.2 Å². The van der Waals surface area contributed by atoms with Crippen molar-refractivity contribution < 1.29 is 14.2 Å². The van der Waals surface area contributed by atoms with E-state index in [0.29, 0.717) is 56.7 Å². The van der Waals surface area contributed by atoms with Crippen LogP contribution in [0.15, 0.2) is 39.9 Å². The molecule has 2 aliphatic rings. The van der Waals surface area contributed by atoms with Gasteiger partial charge in [-0.05, 0) is 24.3 Å². The van der Waals surface area contributed by atoms with Crippen molar-refractivity contribution in [2.45, 2.75) is 63.2 Å². The summed E-state index contributed by atoms with van der Waals surface area (Å²) >= 11 is 0. The quantitative estimate of drug-likeness (QED) is 0.320. The number of nitrogens with one attached hydrogen (secondary N) is 1. The first kappa shape index (κ1) is 26.8. The molecular formula is C28H41N3O5. The molecule has 1 unspecified atom stereocenters. The number of hydrogen-bond donors (Lipinski definition) is 2. The molecule has 2 aromatic rings. The van der Waals surface area contributed by atoms with Crippen molar-refractivity contribution in [3.63, 3.8) is 0 Å². The van der Waals surface area contributed by atoms with Crippen LogP contribution >= 0.6 is 0 Å². The van der Waals surface area contributed by atoms with Crippen LogP contribution in [-0.2, 0) is 14.2 Å². The fraction of sp³-hybridized carbons (Fsp3) is 0.643. The summed E-state index contributed by atoms with van der Waals surface area (Å²) in [6.45, 7) is 3.08. The zero-order chi connectivity index (χ0) is 25.3. The van der Waals surface area contributed by atoms with Crippen molar-refractivity contribution in [3.05, 3.63) is 56.3 Å². The van der Waals surface area contributed by atoms with Crippen molar-refractivity contribution in [1.82, 2.24) is 0 Å². The molecule has 36 heavy (non-hydrogen) atoms. The molecule has 3 N–H and O–H groups in total. The molecule has 0 bridgehead atoms. The van der Waals surface area contributed by atoms with Gasteiger partial charge in [0, 0.05) is 46.0 Å². The van der Waals surface area contributed by atoms with Crippen molar-refractivity contribution in [3.8, 4) is 0 Å². The van der Waals surface area contributed by atoms with Crippen molar-refractivity contribution in [1.29, 1.82) is 0 Å². The molecule has 0 radical (unpaired) electrons. The van der Waals surface area contributed by atoms with E-state index in [2.05, 4.69) is 5.32 Å². The van der Waals surface area contributed by atoms with Crippen LogP contribution in [0.1, 0.15) is 56.6 Å². The average Bonchev–Trinajstić information content (AvgIpc) is 2.93. The molecule has 1 aliphatic heterocycles. The standard InChI is InChI=1S/C28H41N3O5/c1-34-14-8-15-36-28(21-11-6-3-7-12-21)23-19-31(13-16-35-23)25-24(26(32)27(25)33)30-22(18-29)17-20-9-4-2-5-10-20/h3,6-7,11-12,20,22-23,28,30H,2,4-5,8-10,13-19,29H2,1H3/t22-,23+,28?/m0/s1. The molecule has 8 nitrogen and oxygen atoms in total. The van der Waals surface area contributed by atoms with Crippen LogP contribution in [0.5, 0.6) is 0 Å². The van der Waals surface area contributed by atoms with Gasteiger partial charge in [-0.25, -0.2) is 0 Å². The molecule has 3 atom stereocenters. The van der Waals surface area contributed by atoms with Gasteiger partial charge in [-0.1, -0.05) is 62.4 Å². The van der Waals surface area contributed by atoms with Gasteiger partial charge in [-0.2, -0.15) is 0 Å². The Morgan fingerprint density at radius 2 is 1.89 bits per heavy atom. The number of nitrogens with zero attached hydrogens (tertiary/aromatic N) is 1. The van der Waals surface area contributed by atoms with E-state index in [0.717, 1.165) is 18.4 Å². The first-order chi connectivity index (χ1) is 17.6. The number of ether oxygens (including phenoxy) is 3. The van der Waals surface area contributed by atoms with Crippen LogP contribution in [-0.4, -0.2) is 58.7 Å². The molecule has 2 aromatic carbocycles. The van der Waals surface area contributed by atoms with Gasteiger partial charge in [-0.3, -0.25) is 9.59 Å². The molecule has 198 valence electrons. The summed E-state index contributed by atoms with van der Waals surface area (Å²) in [6, 6.07) is 10.0. The molecule has 1 saturated carbocycles. The maximum absolute atomic E-state index is 12.7. The van der Waals surface area contributed by atoms with Crippen molar-refractivity contribution in [2.24, 2.45) is 11.7 Å². The van der Waals surface area contributed by atoms with Gasteiger partial charge in [0.2, 0.25) is 0 Å². The van der Waals surface area contributed by atoms with Gasteiger partial charge < -0.3 is 30.2 Å². The molecule has 1 aliphatic carbocycles. The van der Waals surface area contributed by atoms with E-state index in [9.17, 15) is 9.59 Å². The maximum Gasteiger partial charge on any atom is 0.253 e. The minimum absolute atomic E-state index is 0.00632. The highest BCUT2D eigenvalue weighted by atomic mass is 16.5. The molecule has 4 rings (SSSR count). The summed E-state index contributed by atoms with van der Waals surface area (Å²) < 4.78 is 17.6.